The maximum atomic E-state index is 12.6. The fraction of sp³-hybridized carbons (Fsp3) is 0.632. The Kier molecular flexibility index (Phi) is 6.71. The second-order valence-electron chi connectivity index (χ2n) is 7.23. The summed E-state index contributed by atoms with van der Waals surface area (Å²) in [5.74, 6) is 0.827. The molecule has 3 rings (SSSR count). The normalized spacial score (nSPS) is 20.3. The highest BCUT2D eigenvalue weighted by Gasteiger charge is 2.25. The Labute approximate surface area is 164 Å². The van der Waals surface area contributed by atoms with E-state index in [0.29, 0.717) is 13.0 Å². The number of likely N-dealkylation sites (tertiary alicyclic amines) is 1. The number of guanidine groups is 1. The van der Waals surface area contributed by atoms with E-state index in [4.69, 9.17) is 5.73 Å². The molecule has 3 N–H and O–H groups in total. The third-order valence-corrected chi connectivity index (χ3v) is 6.19. The molecule has 3 heterocycles. The van der Waals surface area contributed by atoms with Crippen LogP contribution in [0.1, 0.15) is 36.6 Å². The third-order valence-electron chi connectivity index (χ3n) is 5.17. The van der Waals surface area contributed by atoms with E-state index in [-0.39, 0.29) is 24.3 Å². The lowest BCUT2D eigenvalue weighted by molar-refractivity contribution is -0.130. The summed E-state index contributed by atoms with van der Waals surface area (Å²) in [5, 5.41) is 5.38. The molecular weight excluding hydrogens is 362 g/mol. The van der Waals surface area contributed by atoms with Crippen LogP contribution >= 0.6 is 11.3 Å². The molecule has 148 valence electrons. The molecule has 1 aromatic rings. The first-order valence-corrected chi connectivity index (χ1v) is 10.6. The van der Waals surface area contributed by atoms with Gasteiger partial charge in [-0.1, -0.05) is 0 Å². The summed E-state index contributed by atoms with van der Waals surface area (Å²) < 4.78 is 0. The number of nitrogens with two attached hydrogens (primary N) is 1. The SMILES string of the molecule is CCNC(=NCC(=O)N1CCc2sccc2C1)N1CCCC(CC(N)=O)C1. The van der Waals surface area contributed by atoms with E-state index in [2.05, 4.69) is 26.7 Å². The summed E-state index contributed by atoms with van der Waals surface area (Å²) in [6, 6.07) is 2.11. The van der Waals surface area contributed by atoms with E-state index in [1.54, 1.807) is 11.3 Å². The largest absolute Gasteiger partial charge is 0.370 e. The van der Waals surface area contributed by atoms with E-state index >= 15 is 0 Å². The molecule has 27 heavy (non-hydrogen) atoms. The number of hydrogen-bond donors (Lipinski definition) is 2. The van der Waals surface area contributed by atoms with Crippen LogP contribution in [0.15, 0.2) is 16.4 Å². The van der Waals surface area contributed by atoms with Gasteiger partial charge in [0.1, 0.15) is 6.54 Å². The first kappa shape index (κ1) is 19.7. The standard InChI is InChI=1S/C19H29N5O2S/c1-2-21-19(24-7-3-4-14(12-24)10-17(20)25)22-11-18(26)23-8-5-16-15(13-23)6-9-27-16/h6,9,14H,2-5,7-8,10-13H2,1H3,(H2,20,25)(H,21,22). The first-order valence-electron chi connectivity index (χ1n) is 9.71. The molecular formula is C19H29N5O2S. The van der Waals surface area contributed by atoms with Crippen molar-refractivity contribution in [3.05, 3.63) is 21.9 Å². The van der Waals surface area contributed by atoms with Crippen molar-refractivity contribution in [3.63, 3.8) is 0 Å². The van der Waals surface area contributed by atoms with Crippen LogP contribution in [0.2, 0.25) is 0 Å². The summed E-state index contributed by atoms with van der Waals surface area (Å²) in [6.45, 7) is 6.01. The predicted octanol–water partition coefficient (Wildman–Crippen LogP) is 1.19. The lowest BCUT2D eigenvalue weighted by Gasteiger charge is -2.34. The number of piperidine rings is 1. The third kappa shape index (κ3) is 5.22. The molecule has 0 bridgehead atoms. The molecule has 1 fully saturated rings. The van der Waals surface area contributed by atoms with Crippen LogP contribution in [0, 0.1) is 5.92 Å². The molecule has 1 saturated heterocycles. The average Bonchev–Trinajstić information content (AvgIpc) is 3.12. The minimum absolute atomic E-state index is 0.0629. The summed E-state index contributed by atoms with van der Waals surface area (Å²) in [5.41, 5.74) is 6.62. The zero-order valence-corrected chi connectivity index (χ0v) is 16.8. The van der Waals surface area contributed by atoms with Crippen molar-refractivity contribution < 1.29 is 9.59 Å². The molecule has 2 aliphatic heterocycles. The van der Waals surface area contributed by atoms with Gasteiger partial charge in [0, 0.05) is 44.0 Å². The van der Waals surface area contributed by atoms with Crippen LogP contribution in [0.3, 0.4) is 0 Å². The minimum Gasteiger partial charge on any atom is -0.370 e. The molecule has 7 nitrogen and oxygen atoms in total. The average molecular weight is 392 g/mol. The summed E-state index contributed by atoms with van der Waals surface area (Å²) in [7, 11) is 0. The quantitative estimate of drug-likeness (QED) is 0.583. The Morgan fingerprint density at radius 2 is 2.22 bits per heavy atom. The van der Waals surface area contributed by atoms with Crippen LogP contribution in [0.5, 0.6) is 0 Å². The van der Waals surface area contributed by atoms with E-state index < -0.39 is 0 Å². The van der Waals surface area contributed by atoms with Gasteiger partial charge >= 0.3 is 0 Å². The van der Waals surface area contributed by atoms with Crippen molar-refractivity contribution in [2.75, 3.05) is 32.7 Å². The van der Waals surface area contributed by atoms with Gasteiger partial charge in [0.2, 0.25) is 11.8 Å². The number of thiophene rings is 1. The summed E-state index contributed by atoms with van der Waals surface area (Å²) >= 11 is 1.77. The highest BCUT2D eigenvalue weighted by Crippen LogP contribution is 2.24. The van der Waals surface area contributed by atoms with Crippen molar-refractivity contribution in [1.29, 1.82) is 0 Å². The first-order chi connectivity index (χ1) is 13.1. The number of primary amides is 1. The van der Waals surface area contributed by atoms with E-state index in [0.717, 1.165) is 51.4 Å². The van der Waals surface area contributed by atoms with Crippen LogP contribution in [0.25, 0.3) is 0 Å². The summed E-state index contributed by atoms with van der Waals surface area (Å²) in [4.78, 5) is 33.9. The van der Waals surface area contributed by atoms with Gasteiger partial charge < -0.3 is 20.9 Å². The lowest BCUT2D eigenvalue weighted by atomic mass is 9.95. The lowest BCUT2D eigenvalue weighted by Crippen LogP contribution is -2.47. The number of nitrogens with zero attached hydrogens (tertiary/aromatic N) is 3. The van der Waals surface area contributed by atoms with Crippen molar-refractivity contribution in [2.45, 2.75) is 39.2 Å². The molecule has 0 aromatic carbocycles. The number of rotatable bonds is 5. The predicted molar refractivity (Wildman–Crippen MR) is 108 cm³/mol. The maximum absolute atomic E-state index is 12.6. The van der Waals surface area contributed by atoms with E-state index in [1.165, 1.54) is 10.4 Å². The number of aliphatic imine (C=N–C) groups is 1. The Morgan fingerprint density at radius 1 is 1.37 bits per heavy atom. The molecule has 8 heteroatoms. The Morgan fingerprint density at radius 3 is 3.00 bits per heavy atom. The second kappa shape index (κ2) is 9.21. The van der Waals surface area contributed by atoms with Gasteiger partial charge in [0.25, 0.3) is 0 Å². The second-order valence-corrected chi connectivity index (χ2v) is 8.23. The minimum atomic E-state index is -0.253. The zero-order valence-electron chi connectivity index (χ0n) is 15.9. The highest BCUT2D eigenvalue weighted by atomic mass is 32.1. The molecule has 0 radical (unpaired) electrons. The molecule has 1 unspecified atom stereocenters. The zero-order chi connectivity index (χ0) is 19.2. The van der Waals surface area contributed by atoms with Crippen molar-refractivity contribution in [3.8, 4) is 0 Å². The number of nitrogens with one attached hydrogen (secondary N) is 1. The van der Waals surface area contributed by atoms with Gasteiger partial charge in [-0.05, 0) is 49.1 Å². The smallest absolute Gasteiger partial charge is 0.244 e. The molecule has 2 aliphatic rings. The molecule has 1 atom stereocenters. The van der Waals surface area contributed by atoms with Gasteiger partial charge in [-0.3, -0.25) is 9.59 Å². The Balaban J connectivity index is 1.60. The highest BCUT2D eigenvalue weighted by molar-refractivity contribution is 7.10. The van der Waals surface area contributed by atoms with Crippen molar-refractivity contribution in [2.24, 2.45) is 16.6 Å². The van der Waals surface area contributed by atoms with Gasteiger partial charge in [0.15, 0.2) is 5.96 Å². The van der Waals surface area contributed by atoms with Gasteiger partial charge in [-0.25, -0.2) is 4.99 Å². The number of fused-ring (bicyclic) bond motifs is 1. The monoisotopic (exact) mass is 391 g/mol. The molecule has 0 spiro atoms. The van der Waals surface area contributed by atoms with E-state index in [1.807, 2.05) is 11.8 Å². The number of carbonyl (C=O) groups is 2. The van der Waals surface area contributed by atoms with Crippen LogP contribution in [-0.4, -0.2) is 60.3 Å². The van der Waals surface area contributed by atoms with Crippen LogP contribution < -0.4 is 11.1 Å². The topological polar surface area (TPSA) is 91.0 Å². The van der Waals surface area contributed by atoms with Gasteiger partial charge in [0.05, 0.1) is 0 Å². The van der Waals surface area contributed by atoms with Crippen LogP contribution in [0.4, 0.5) is 0 Å². The fourth-order valence-corrected chi connectivity index (χ4v) is 4.73. The van der Waals surface area contributed by atoms with E-state index in [9.17, 15) is 9.59 Å². The number of hydrogen-bond acceptors (Lipinski definition) is 4. The molecule has 0 aliphatic carbocycles. The number of carbonyl (C=O) groups excluding carboxylic acids is 2. The Bertz CT molecular complexity index is 702. The molecule has 2 amide bonds. The number of amides is 2. The molecule has 1 aromatic heterocycles. The van der Waals surface area contributed by atoms with Crippen LogP contribution in [-0.2, 0) is 22.6 Å². The summed E-state index contributed by atoms with van der Waals surface area (Å²) in [6.07, 6.45) is 3.35. The van der Waals surface area contributed by atoms with Crippen molar-refractivity contribution in [1.82, 2.24) is 15.1 Å². The maximum Gasteiger partial charge on any atom is 0.244 e. The molecule has 0 saturated carbocycles. The van der Waals surface area contributed by atoms with Gasteiger partial charge in [-0.15, -0.1) is 11.3 Å². The van der Waals surface area contributed by atoms with Gasteiger partial charge in [-0.2, -0.15) is 0 Å². The van der Waals surface area contributed by atoms with Crippen molar-refractivity contribution >= 4 is 29.1 Å². The Hall–Kier alpha value is -2.09. The fourth-order valence-electron chi connectivity index (χ4n) is 3.84.